The molecular formula is C126H132. The monoisotopic (exact) mass is 1650 g/mol. The van der Waals surface area contributed by atoms with Gasteiger partial charge in [0.1, 0.15) is 0 Å². The molecule has 15 aromatic rings. The van der Waals surface area contributed by atoms with Gasteiger partial charge in [-0.15, -0.1) is 0 Å². The Morgan fingerprint density at radius 3 is 0.540 bits per heavy atom. The fourth-order valence-corrected chi connectivity index (χ4v) is 17.1. The summed E-state index contributed by atoms with van der Waals surface area (Å²) in [5.41, 5.74) is 53.0. The van der Waals surface area contributed by atoms with Crippen LogP contribution in [0.25, 0.3) is 83.5 Å². The van der Waals surface area contributed by atoms with Crippen LogP contribution in [-0.4, -0.2) is 0 Å². The molecule has 0 spiro atoms. The summed E-state index contributed by atoms with van der Waals surface area (Å²) in [6.45, 7) is 39.0. The van der Waals surface area contributed by atoms with Crippen LogP contribution in [0.1, 0.15) is 209 Å². The van der Waals surface area contributed by atoms with Crippen LogP contribution >= 0.6 is 0 Å². The molecule has 0 N–H and O–H groups in total. The molecule has 3 atom stereocenters. The topological polar surface area (TPSA) is 0 Å². The number of benzene rings is 15. The fraction of sp³-hybridized carbons (Fsp3) is 0.238. The average Bonchev–Trinajstić information content (AvgIpc) is 0.819. The van der Waals surface area contributed by atoms with E-state index in [1.807, 2.05) is 0 Å². The van der Waals surface area contributed by atoms with E-state index in [4.69, 9.17) is 0 Å². The zero-order valence-corrected chi connectivity index (χ0v) is 78.5. The highest BCUT2D eigenvalue weighted by Gasteiger charge is 2.21. The van der Waals surface area contributed by atoms with Gasteiger partial charge in [0, 0.05) is 0 Å². The van der Waals surface area contributed by atoms with Gasteiger partial charge in [0.15, 0.2) is 0 Å². The SMILES string of the molecule is Cc1ccc(-c2ccc(-c3ccc(C)c(C)c3)cc2)cc1.Cc1ccc(-c2ccc(-c3ccc(C)c(C)c3)cc2)cc1C.Cc1ccc(-c2ccc(-c3ccc(C)cc3)cc2)cc1.Cc1ccc(C2=CCC(c3ccc(C)c(C)c3)CC2)cc1C.Cc1ccc(C2=CCC(c3ccc(C)cc3)CC2)cc1.Cc1ccc(C2CC=C(c3ccc(C)c(C)c3)CC2)cc1. The van der Waals surface area contributed by atoms with E-state index in [0.29, 0.717) is 17.8 Å². The van der Waals surface area contributed by atoms with Gasteiger partial charge in [0.25, 0.3) is 0 Å². The molecule has 636 valence electrons. The van der Waals surface area contributed by atoms with E-state index in [9.17, 15) is 0 Å². The summed E-state index contributed by atoms with van der Waals surface area (Å²) < 4.78 is 0. The molecular weight excluding hydrogens is 1510 g/mol. The summed E-state index contributed by atoms with van der Waals surface area (Å²) in [6, 6.07) is 120. The molecule has 0 amide bonds. The lowest BCUT2D eigenvalue weighted by molar-refractivity contribution is 0.625. The largest absolute Gasteiger partial charge is 0.0801 e. The molecule has 0 radical (unpaired) electrons. The maximum Gasteiger partial charge on any atom is -0.0124 e. The van der Waals surface area contributed by atoms with Gasteiger partial charge in [0.05, 0.1) is 0 Å². The van der Waals surface area contributed by atoms with E-state index in [0.717, 1.165) is 0 Å². The lowest BCUT2D eigenvalue weighted by Crippen LogP contribution is -2.05. The van der Waals surface area contributed by atoms with Crippen LogP contribution in [0.4, 0.5) is 0 Å². The van der Waals surface area contributed by atoms with Crippen LogP contribution in [0, 0.1) is 125 Å². The molecule has 0 heteroatoms. The zero-order valence-electron chi connectivity index (χ0n) is 78.5. The normalized spacial score (nSPS) is 14.5. The maximum atomic E-state index is 2.47. The van der Waals surface area contributed by atoms with Crippen molar-refractivity contribution >= 4 is 16.7 Å². The lowest BCUT2D eigenvalue weighted by atomic mass is 9.81. The third-order valence-corrected chi connectivity index (χ3v) is 26.8. The predicted molar refractivity (Wildman–Crippen MR) is 550 cm³/mol. The quantitative estimate of drug-likeness (QED) is 0.114. The summed E-state index contributed by atoms with van der Waals surface area (Å²) in [6.07, 6.45) is 18.3. The second kappa shape index (κ2) is 43.4. The Morgan fingerprint density at radius 1 is 0.143 bits per heavy atom. The minimum Gasteiger partial charge on any atom is -0.0801 e. The molecule has 0 aliphatic heterocycles. The molecule has 0 saturated heterocycles. The Hall–Kier alpha value is -12.5. The highest BCUT2D eigenvalue weighted by Crippen LogP contribution is 2.41. The number of rotatable bonds is 12. The summed E-state index contributed by atoms with van der Waals surface area (Å²) in [7, 11) is 0. The standard InChI is InChI=1S/C22H26.C22H22.C21H24.C21H20.C20H22.C20H18/c2*1-15-5-7-21(13-17(15)3)19-9-11-20(12-10-19)22-8-6-16(2)18(4)14-22;2*1-15-4-7-18(8-5-15)19-10-12-20(13-11-19)21-9-6-16(2)17(3)14-21;2*1-15-3-7-17(8-4-15)19-11-13-20(14-12-19)18-9-5-16(2)6-10-18/h5-9,13-14,20H,10-12H2,1-4H3;5-14H,1-4H3;4-9,12,14,19H,10-11,13H2,1-3H3;4-14H,1-3H3;3-11,20H,12-14H2,1-2H3;3-14H,1-2H3. The van der Waals surface area contributed by atoms with Gasteiger partial charge in [-0.3, -0.25) is 0 Å². The van der Waals surface area contributed by atoms with E-state index >= 15 is 0 Å². The highest BCUT2D eigenvalue weighted by molar-refractivity contribution is 5.76. The van der Waals surface area contributed by atoms with Crippen molar-refractivity contribution in [1.82, 2.24) is 0 Å². The van der Waals surface area contributed by atoms with Crippen LogP contribution in [0.3, 0.4) is 0 Å². The van der Waals surface area contributed by atoms with Crippen LogP contribution < -0.4 is 0 Å². The van der Waals surface area contributed by atoms with E-state index in [-0.39, 0.29) is 0 Å². The van der Waals surface area contributed by atoms with Gasteiger partial charge in [-0.1, -0.05) is 379 Å². The summed E-state index contributed by atoms with van der Waals surface area (Å²) in [5, 5.41) is 0. The Balaban J connectivity index is 0.000000130. The van der Waals surface area contributed by atoms with Crippen molar-refractivity contribution in [3.63, 3.8) is 0 Å². The van der Waals surface area contributed by atoms with Gasteiger partial charge in [-0.05, 0) is 384 Å². The van der Waals surface area contributed by atoms with Gasteiger partial charge < -0.3 is 0 Å². The predicted octanol–water partition coefficient (Wildman–Crippen LogP) is 35.7. The van der Waals surface area contributed by atoms with Crippen LogP contribution in [0.15, 0.2) is 346 Å². The Bertz CT molecular complexity index is 6080. The van der Waals surface area contributed by atoms with Crippen molar-refractivity contribution in [2.75, 3.05) is 0 Å². The lowest BCUT2D eigenvalue weighted by Gasteiger charge is -2.23. The molecule has 3 aliphatic carbocycles. The van der Waals surface area contributed by atoms with E-state index in [1.54, 1.807) is 0 Å². The first-order valence-corrected chi connectivity index (χ1v) is 46.0. The van der Waals surface area contributed by atoms with Crippen molar-refractivity contribution < 1.29 is 0 Å². The van der Waals surface area contributed by atoms with Crippen molar-refractivity contribution in [3.05, 3.63) is 479 Å². The molecule has 0 aromatic heterocycles. The molecule has 126 heavy (non-hydrogen) atoms. The fourth-order valence-electron chi connectivity index (χ4n) is 17.1. The number of hydrogen-bond donors (Lipinski definition) is 0. The third kappa shape index (κ3) is 25.0. The van der Waals surface area contributed by atoms with Crippen molar-refractivity contribution in [3.8, 4) is 66.8 Å². The van der Waals surface area contributed by atoms with Gasteiger partial charge >= 0.3 is 0 Å². The first-order valence-electron chi connectivity index (χ1n) is 46.0. The molecule has 0 bridgehead atoms. The van der Waals surface area contributed by atoms with Crippen molar-refractivity contribution in [2.45, 2.75) is 200 Å². The highest BCUT2D eigenvalue weighted by atomic mass is 14.3. The minimum absolute atomic E-state index is 0.689. The van der Waals surface area contributed by atoms with Crippen LogP contribution in [0.5, 0.6) is 0 Å². The van der Waals surface area contributed by atoms with E-state index < -0.39 is 0 Å². The minimum atomic E-state index is 0.689. The molecule has 15 aromatic carbocycles. The van der Waals surface area contributed by atoms with Crippen molar-refractivity contribution in [1.29, 1.82) is 0 Å². The maximum absolute atomic E-state index is 2.47. The average molecular weight is 1650 g/mol. The molecule has 0 heterocycles. The van der Waals surface area contributed by atoms with Gasteiger partial charge in [0.2, 0.25) is 0 Å². The Kier molecular flexibility index (Phi) is 31.4. The smallest absolute Gasteiger partial charge is 0.0124 e. The van der Waals surface area contributed by atoms with Crippen molar-refractivity contribution in [2.24, 2.45) is 0 Å². The van der Waals surface area contributed by atoms with Crippen LogP contribution in [0.2, 0.25) is 0 Å². The number of hydrogen-bond acceptors (Lipinski definition) is 0. The third-order valence-electron chi connectivity index (χ3n) is 26.8. The summed E-state index contributed by atoms with van der Waals surface area (Å²) >= 11 is 0. The van der Waals surface area contributed by atoms with Gasteiger partial charge in [-0.25, -0.2) is 0 Å². The van der Waals surface area contributed by atoms with Crippen LogP contribution in [-0.2, 0) is 0 Å². The Labute approximate surface area is 757 Å². The first kappa shape index (κ1) is 91.2. The molecule has 18 rings (SSSR count). The zero-order chi connectivity index (χ0) is 88.9. The Morgan fingerprint density at radius 2 is 0.310 bits per heavy atom. The molecule has 3 unspecified atom stereocenters. The second-order valence-electron chi connectivity index (χ2n) is 36.5. The summed E-state index contributed by atoms with van der Waals surface area (Å²) in [4.78, 5) is 0. The molecule has 3 aliphatic rings. The number of allylic oxidation sites excluding steroid dienone is 6. The van der Waals surface area contributed by atoms with E-state index in [2.05, 4.69) is 470 Å². The second-order valence-corrected chi connectivity index (χ2v) is 36.5. The first-order chi connectivity index (χ1) is 60.8. The molecule has 0 saturated carbocycles. The number of aryl methyl sites for hydroxylation is 18. The van der Waals surface area contributed by atoms with E-state index in [1.165, 1.54) is 275 Å². The molecule has 0 fully saturated rings. The summed E-state index contributed by atoms with van der Waals surface area (Å²) in [5.74, 6) is 2.08. The molecule has 0 nitrogen and oxygen atoms in total. The van der Waals surface area contributed by atoms with Gasteiger partial charge in [-0.2, -0.15) is 0 Å².